The third-order valence-electron chi connectivity index (χ3n) is 5.08. The highest BCUT2D eigenvalue weighted by Gasteiger charge is 2.31. The summed E-state index contributed by atoms with van der Waals surface area (Å²) in [5, 5.41) is 18.5. The van der Waals surface area contributed by atoms with E-state index in [1.165, 1.54) is 0 Å². The summed E-state index contributed by atoms with van der Waals surface area (Å²) in [6.45, 7) is 2.00. The Balaban J connectivity index is 1.99. The van der Waals surface area contributed by atoms with Gasteiger partial charge in [0.05, 0.1) is 11.8 Å². The minimum atomic E-state index is -1.06. The van der Waals surface area contributed by atoms with Gasteiger partial charge < -0.3 is 4.74 Å². The maximum Gasteiger partial charge on any atom is 0.322 e. The van der Waals surface area contributed by atoms with Crippen LogP contribution in [0.3, 0.4) is 0 Å². The average molecular weight is 406 g/mol. The molecule has 2 N–H and O–H groups in total. The highest BCUT2D eigenvalue weighted by atomic mass is 16.8. The number of benzene rings is 1. The fourth-order valence-electron chi connectivity index (χ4n) is 3.68. The number of ether oxygens (including phenoxy) is 1. The van der Waals surface area contributed by atoms with Crippen LogP contribution < -0.4 is 0 Å². The molecule has 0 saturated carbocycles. The lowest BCUT2D eigenvalue weighted by atomic mass is 9.94. The third-order valence-corrected chi connectivity index (χ3v) is 5.08. The molecule has 4 rings (SSSR count). The zero-order valence-corrected chi connectivity index (χ0v) is 16.5. The molecule has 0 bridgehead atoms. The number of nitrogens with zero attached hydrogens (tertiary/aromatic N) is 4. The summed E-state index contributed by atoms with van der Waals surface area (Å²) in [5.74, 6) is -0.746. The third kappa shape index (κ3) is 4.06. The van der Waals surface area contributed by atoms with Crippen LogP contribution >= 0.6 is 0 Å². The maximum absolute atomic E-state index is 12.7. The molecule has 8 nitrogen and oxygen atoms in total. The molecular weight excluding hydrogens is 384 g/mol. The lowest BCUT2D eigenvalue weighted by Crippen LogP contribution is -2.27. The van der Waals surface area contributed by atoms with Gasteiger partial charge in [-0.1, -0.05) is 41.6 Å². The van der Waals surface area contributed by atoms with Gasteiger partial charge >= 0.3 is 5.91 Å². The molecule has 1 saturated heterocycles. The average Bonchev–Trinajstić information content (AvgIpc) is 2.79. The van der Waals surface area contributed by atoms with Gasteiger partial charge in [0.25, 0.3) is 0 Å². The largest absolute Gasteiger partial charge is 0.369 e. The van der Waals surface area contributed by atoms with Crippen molar-refractivity contribution >= 4 is 5.91 Å². The summed E-state index contributed by atoms with van der Waals surface area (Å²) < 4.78 is 6.16. The number of carbonyl (C=O) groups excluding carboxylic acids is 1. The van der Waals surface area contributed by atoms with Gasteiger partial charge in [0.1, 0.15) is 11.8 Å². The van der Waals surface area contributed by atoms with Crippen molar-refractivity contribution in [3.8, 4) is 22.5 Å². The second-order valence-electron chi connectivity index (χ2n) is 7.22. The molecule has 8 heteroatoms. The standard InChI is InChI=1S/C22H22N4O4/c1-14-7-5-11-17(30-14)19-18(16-10-6-12-23-13-16)20(22(27)26(28)29)25-21(24-19)15-8-3-2-4-9-15/h2-4,6,8-10,12-14,17,28-29H,5,7,11H2,1H3. The van der Waals surface area contributed by atoms with Crippen LogP contribution in [-0.2, 0) is 4.74 Å². The van der Waals surface area contributed by atoms with Gasteiger partial charge in [-0.3, -0.25) is 20.2 Å². The molecule has 1 aliphatic rings. The van der Waals surface area contributed by atoms with Gasteiger partial charge in [0.2, 0.25) is 0 Å². The quantitative estimate of drug-likeness (QED) is 0.497. The van der Waals surface area contributed by atoms with Crippen molar-refractivity contribution in [1.29, 1.82) is 0 Å². The molecule has 30 heavy (non-hydrogen) atoms. The fourth-order valence-corrected chi connectivity index (χ4v) is 3.68. The summed E-state index contributed by atoms with van der Waals surface area (Å²) >= 11 is 0. The van der Waals surface area contributed by atoms with E-state index in [2.05, 4.69) is 9.97 Å². The number of hydrogen-bond acceptors (Lipinski definition) is 7. The molecule has 2 aromatic heterocycles. The number of rotatable bonds is 4. The second kappa shape index (κ2) is 8.66. The first-order chi connectivity index (χ1) is 14.5. The molecule has 0 radical (unpaired) electrons. The van der Waals surface area contributed by atoms with Crippen molar-refractivity contribution in [3.05, 3.63) is 66.2 Å². The molecule has 3 heterocycles. The molecule has 2 unspecified atom stereocenters. The van der Waals surface area contributed by atoms with Crippen LogP contribution in [0.15, 0.2) is 54.9 Å². The number of hydrogen-bond donors (Lipinski definition) is 2. The monoisotopic (exact) mass is 406 g/mol. The zero-order chi connectivity index (χ0) is 21.1. The summed E-state index contributed by atoms with van der Waals surface area (Å²) in [7, 11) is 0. The first-order valence-corrected chi connectivity index (χ1v) is 9.80. The van der Waals surface area contributed by atoms with Crippen molar-refractivity contribution in [3.63, 3.8) is 0 Å². The van der Waals surface area contributed by atoms with E-state index in [-0.39, 0.29) is 17.9 Å². The van der Waals surface area contributed by atoms with Gasteiger partial charge in [-0.2, -0.15) is 0 Å². The molecule has 1 aromatic carbocycles. The zero-order valence-electron chi connectivity index (χ0n) is 16.5. The molecule has 1 amide bonds. The van der Waals surface area contributed by atoms with E-state index in [9.17, 15) is 15.2 Å². The summed E-state index contributed by atoms with van der Waals surface area (Å²) in [6.07, 6.45) is 5.54. The number of pyridine rings is 1. The van der Waals surface area contributed by atoms with Gasteiger partial charge in [-0.25, -0.2) is 9.97 Å². The van der Waals surface area contributed by atoms with Gasteiger partial charge in [-0.15, -0.1) is 0 Å². The van der Waals surface area contributed by atoms with Crippen molar-refractivity contribution < 1.29 is 19.9 Å². The molecule has 0 aliphatic carbocycles. The number of carbonyl (C=O) groups is 1. The minimum Gasteiger partial charge on any atom is -0.369 e. The summed E-state index contributed by atoms with van der Waals surface area (Å²) in [5.41, 5.74) is 2.10. The van der Waals surface area contributed by atoms with Crippen LogP contribution in [0.1, 0.15) is 48.5 Å². The van der Waals surface area contributed by atoms with Crippen LogP contribution in [0.5, 0.6) is 0 Å². The molecule has 0 spiro atoms. The molecular formula is C22H22N4O4. The predicted octanol–water partition coefficient (Wildman–Crippen LogP) is 4.06. The lowest BCUT2D eigenvalue weighted by molar-refractivity contribution is -0.260. The maximum atomic E-state index is 12.7. The van der Waals surface area contributed by atoms with E-state index in [1.807, 2.05) is 37.3 Å². The summed E-state index contributed by atoms with van der Waals surface area (Å²) in [4.78, 5) is 26.0. The van der Waals surface area contributed by atoms with E-state index in [1.54, 1.807) is 24.5 Å². The molecule has 3 aromatic rings. The van der Waals surface area contributed by atoms with Gasteiger partial charge in [0.15, 0.2) is 5.82 Å². The Kier molecular flexibility index (Phi) is 5.80. The minimum absolute atomic E-state index is 0.0481. The molecule has 1 aliphatic heterocycles. The Morgan fingerprint density at radius 1 is 1.07 bits per heavy atom. The predicted molar refractivity (Wildman–Crippen MR) is 108 cm³/mol. The van der Waals surface area contributed by atoms with Gasteiger partial charge in [0, 0.05) is 29.1 Å². The van der Waals surface area contributed by atoms with E-state index < -0.39 is 11.1 Å². The van der Waals surface area contributed by atoms with Crippen LogP contribution in [0.25, 0.3) is 22.5 Å². The van der Waals surface area contributed by atoms with Crippen LogP contribution in [0.2, 0.25) is 0 Å². The Hall–Kier alpha value is -3.20. The normalized spacial score (nSPS) is 18.8. The highest BCUT2D eigenvalue weighted by molar-refractivity contribution is 5.98. The van der Waals surface area contributed by atoms with Crippen LogP contribution in [-0.4, -0.2) is 42.6 Å². The van der Waals surface area contributed by atoms with Crippen LogP contribution in [0, 0.1) is 0 Å². The Morgan fingerprint density at radius 3 is 2.50 bits per heavy atom. The second-order valence-corrected chi connectivity index (χ2v) is 7.22. The molecule has 154 valence electrons. The Morgan fingerprint density at radius 2 is 1.83 bits per heavy atom. The van der Waals surface area contributed by atoms with Gasteiger partial charge in [-0.05, 0) is 32.3 Å². The van der Waals surface area contributed by atoms with E-state index in [0.717, 1.165) is 19.3 Å². The van der Waals surface area contributed by atoms with E-state index in [4.69, 9.17) is 9.72 Å². The number of hydroxylamine groups is 2. The fraction of sp³-hybridized carbons (Fsp3) is 0.273. The topological polar surface area (TPSA) is 109 Å². The SMILES string of the molecule is CC1CCCC(c2nc(-c3ccccc3)nc(C(=O)N(O)O)c2-c2cccnc2)O1. The Bertz CT molecular complexity index is 1030. The number of aromatic nitrogens is 3. The van der Waals surface area contributed by atoms with Crippen molar-refractivity contribution in [1.82, 2.24) is 20.2 Å². The van der Waals surface area contributed by atoms with E-state index >= 15 is 0 Å². The Labute approximate surface area is 173 Å². The van der Waals surface area contributed by atoms with Crippen molar-refractivity contribution in [2.45, 2.75) is 38.4 Å². The first-order valence-electron chi connectivity index (χ1n) is 9.80. The smallest absolute Gasteiger partial charge is 0.322 e. The van der Waals surface area contributed by atoms with E-state index in [0.29, 0.717) is 28.2 Å². The molecule has 1 fully saturated rings. The lowest BCUT2D eigenvalue weighted by Gasteiger charge is -2.29. The van der Waals surface area contributed by atoms with Crippen LogP contribution in [0.4, 0.5) is 0 Å². The van der Waals surface area contributed by atoms with Crippen molar-refractivity contribution in [2.24, 2.45) is 0 Å². The highest BCUT2D eigenvalue weighted by Crippen LogP contribution is 2.38. The van der Waals surface area contributed by atoms with Crippen molar-refractivity contribution in [2.75, 3.05) is 0 Å². The summed E-state index contributed by atoms with van der Waals surface area (Å²) in [6, 6.07) is 12.7. The number of amides is 1. The first kappa shape index (κ1) is 20.1. The molecule has 2 atom stereocenters.